The predicted molar refractivity (Wildman–Crippen MR) is 131 cm³/mol. The summed E-state index contributed by atoms with van der Waals surface area (Å²) >= 11 is 6.33. The molecule has 0 spiro atoms. The first-order valence-electron chi connectivity index (χ1n) is 10.1. The minimum atomic E-state index is -0.731. The van der Waals surface area contributed by atoms with E-state index in [0.29, 0.717) is 42.3 Å². The number of halogens is 2. The topological polar surface area (TPSA) is 72.0 Å². The summed E-state index contributed by atoms with van der Waals surface area (Å²) < 4.78 is 23.4. The van der Waals surface area contributed by atoms with Gasteiger partial charge in [-0.15, -0.1) is 24.0 Å². The molecule has 1 aliphatic carbocycles. The summed E-state index contributed by atoms with van der Waals surface area (Å²) in [5.74, 6) is 2.81. The molecule has 3 unspecified atom stereocenters. The van der Waals surface area contributed by atoms with Gasteiger partial charge in [-0.1, -0.05) is 24.9 Å². The highest BCUT2D eigenvalue weighted by Crippen LogP contribution is 2.38. The molecule has 0 bridgehead atoms. The maximum Gasteiger partial charge on any atom is 0.191 e. The lowest BCUT2D eigenvalue weighted by atomic mass is 9.95. The molecule has 2 N–H and O–H groups in total. The zero-order chi connectivity index (χ0) is 19.9. The maximum absolute atomic E-state index is 12.2. The van der Waals surface area contributed by atoms with Crippen molar-refractivity contribution in [3.63, 3.8) is 0 Å². The number of hydrogen-bond acceptors (Lipinski definition) is 4. The van der Waals surface area contributed by atoms with Gasteiger partial charge in [0.1, 0.15) is 13.2 Å². The molecule has 2 aliphatic rings. The number of benzene rings is 1. The van der Waals surface area contributed by atoms with Gasteiger partial charge in [-0.2, -0.15) is 0 Å². The van der Waals surface area contributed by atoms with Crippen LogP contribution in [0.25, 0.3) is 0 Å². The normalized spacial score (nSPS) is 22.4. The van der Waals surface area contributed by atoms with Gasteiger partial charge in [0.25, 0.3) is 0 Å². The Labute approximate surface area is 198 Å². The monoisotopic (exact) mass is 555 g/mol. The molecule has 0 saturated heterocycles. The molecule has 0 amide bonds. The Balaban J connectivity index is 0.00000300. The van der Waals surface area contributed by atoms with E-state index in [1.165, 1.54) is 0 Å². The molecule has 0 aromatic heterocycles. The molecule has 1 heterocycles. The Morgan fingerprint density at radius 3 is 2.83 bits per heavy atom. The summed E-state index contributed by atoms with van der Waals surface area (Å²) in [5, 5.41) is 7.68. The van der Waals surface area contributed by atoms with Gasteiger partial charge in [-0.25, -0.2) is 4.99 Å². The van der Waals surface area contributed by atoms with Gasteiger partial charge >= 0.3 is 0 Å². The van der Waals surface area contributed by atoms with E-state index in [4.69, 9.17) is 26.1 Å². The number of hydrogen-bond donors (Lipinski definition) is 2. The van der Waals surface area contributed by atoms with Crippen LogP contribution in [-0.4, -0.2) is 47.0 Å². The van der Waals surface area contributed by atoms with Crippen LogP contribution in [0.1, 0.15) is 45.1 Å². The Bertz CT molecular complexity index is 735. The fourth-order valence-corrected chi connectivity index (χ4v) is 5.33. The lowest BCUT2D eigenvalue weighted by Crippen LogP contribution is -2.46. The summed E-state index contributed by atoms with van der Waals surface area (Å²) in [6.07, 6.45) is 4.17. The molecule has 3 rings (SSSR count). The molecule has 1 aromatic rings. The van der Waals surface area contributed by atoms with Crippen LogP contribution in [-0.2, 0) is 17.3 Å². The van der Waals surface area contributed by atoms with Gasteiger partial charge in [0.05, 0.1) is 11.6 Å². The number of ether oxygens (including phenoxy) is 2. The van der Waals surface area contributed by atoms with E-state index < -0.39 is 10.8 Å². The van der Waals surface area contributed by atoms with Crippen molar-refractivity contribution in [2.24, 2.45) is 4.99 Å². The number of aliphatic imine (C=N–C) groups is 1. The van der Waals surface area contributed by atoms with E-state index in [1.807, 2.05) is 26.0 Å². The third-order valence-corrected chi connectivity index (χ3v) is 7.07. The van der Waals surface area contributed by atoms with Crippen LogP contribution in [0, 0.1) is 0 Å². The van der Waals surface area contributed by atoms with Gasteiger partial charge in [0.15, 0.2) is 17.5 Å². The fourth-order valence-electron chi connectivity index (χ4n) is 3.69. The number of rotatable bonds is 6. The average Bonchev–Trinajstić information content (AvgIpc) is 2.72. The van der Waals surface area contributed by atoms with Crippen molar-refractivity contribution in [2.45, 2.75) is 57.4 Å². The molecule has 29 heavy (non-hydrogen) atoms. The minimum absolute atomic E-state index is 0. The van der Waals surface area contributed by atoms with Crippen LogP contribution in [0.3, 0.4) is 0 Å². The van der Waals surface area contributed by atoms with Crippen molar-refractivity contribution in [1.82, 2.24) is 10.6 Å². The van der Waals surface area contributed by atoms with Gasteiger partial charge < -0.3 is 20.1 Å². The van der Waals surface area contributed by atoms with Gasteiger partial charge in [-0.3, -0.25) is 4.21 Å². The number of nitrogens with one attached hydrogen (secondary N) is 2. The van der Waals surface area contributed by atoms with Crippen molar-refractivity contribution < 1.29 is 13.7 Å². The lowest BCUT2D eigenvalue weighted by Gasteiger charge is -2.30. The van der Waals surface area contributed by atoms with Crippen LogP contribution in [0.2, 0.25) is 5.02 Å². The van der Waals surface area contributed by atoms with E-state index in [-0.39, 0.29) is 29.2 Å². The molecule has 1 saturated carbocycles. The predicted octanol–water partition coefficient (Wildman–Crippen LogP) is 3.86. The van der Waals surface area contributed by atoms with E-state index in [0.717, 1.165) is 49.5 Å². The average molecular weight is 556 g/mol. The molecule has 3 atom stereocenters. The second kappa shape index (κ2) is 12.2. The summed E-state index contributed by atoms with van der Waals surface area (Å²) in [4.78, 5) is 4.72. The Morgan fingerprint density at radius 1 is 1.28 bits per heavy atom. The lowest BCUT2D eigenvalue weighted by molar-refractivity contribution is 0.171. The van der Waals surface area contributed by atoms with Crippen LogP contribution >= 0.6 is 35.6 Å². The van der Waals surface area contributed by atoms with Gasteiger partial charge in [0.2, 0.25) is 0 Å². The third kappa shape index (κ3) is 6.89. The van der Waals surface area contributed by atoms with Crippen LogP contribution in [0.15, 0.2) is 17.1 Å². The highest BCUT2D eigenvalue weighted by atomic mass is 127. The molecule has 9 heteroatoms. The second-order valence-electron chi connectivity index (χ2n) is 7.10. The van der Waals surface area contributed by atoms with E-state index in [2.05, 4.69) is 10.6 Å². The van der Waals surface area contributed by atoms with E-state index in [9.17, 15) is 4.21 Å². The van der Waals surface area contributed by atoms with Crippen LogP contribution in [0.5, 0.6) is 11.5 Å². The zero-order valence-electron chi connectivity index (χ0n) is 17.0. The minimum Gasteiger partial charge on any atom is -0.486 e. The summed E-state index contributed by atoms with van der Waals surface area (Å²) in [7, 11) is -0.731. The molecular formula is C20H31ClIN3O3S. The van der Waals surface area contributed by atoms with Crippen LogP contribution in [0.4, 0.5) is 0 Å². The van der Waals surface area contributed by atoms with Gasteiger partial charge in [-0.05, 0) is 43.9 Å². The Hall–Kier alpha value is -0.740. The van der Waals surface area contributed by atoms with Crippen LogP contribution < -0.4 is 20.1 Å². The van der Waals surface area contributed by atoms with Crippen molar-refractivity contribution >= 4 is 52.3 Å². The summed E-state index contributed by atoms with van der Waals surface area (Å²) in [5.41, 5.74) is 0.972. The zero-order valence-corrected chi connectivity index (χ0v) is 20.9. The van der Waals surface area contributed by atoms with Gasteiger partial charge in [0, 0.05) is 34.4 Å². The Morgan fingerprint density at radius 2 is 2.07 bits per heavy atom. The molecule has 6 nitrogen and oxygen atoms in total. The second-order valence-corrected chi connectivity index (χ2v) is 9.51. The number of guanidine groups is 1. The molecule has 1 fully saturated rings. The first-order valence-corrected chi connectivity index (χ1v) is 11.9. The van der Waals surface area contributed by atoms with E-state index >= 15 is 0 Å². The first-order chi connectivity index (χ1) is 13.6. The summed E-state index contributed by atoms with van der Waals surface area (Å²) in [6, 6.07) is 4.12. The Kier molecular flexibility index (Phi) is 10.3. The molecule has 1 aromatic carbocycles. The fraction of sp³-hybridized carbons (Fsp3) is 0.650. The van der Waals surface area contributed by atoms with Crippen molar-refractivity contribution in [2.75, 3.05) is 25.5 Å². The van der Waals surface area contributed by atoms with Crippen molar-refractivity contribution in [3.05, 3.63) is 22.7 Å². The molecule has 1 aliphatic heterocycles. The quantitative estimate of drug-likeness (QED) is 0.317. The largest absolute Gasteiger partial charge is 0.486 e. The SMILES string of the molecule is CCNC(=NCc1cc(Cl)c2c(c1)OCCO2)NC1CCCC(S(=O)CC)C1.I. The van der Waals surface area contributed by atoms with Crippen molar-refractivity contribution in [1.29, 1.82) is 0 Å². The highest BCUT2D eigenvalue weighted by molar-refractivity contribution is 14.0. The van der Waals surface area contributed by atoms with E-state index in [1.54, 1.807) is 0 Å². The third-order valence-electron chi connectivity index (χ3n) is 5.04. The summed E-state index contributed by atoms with van der Waals surface area (Å²) in [6.45, 7) is 6.37. The molecule has 164 valence electrons. The molecular weight excluding hydrogens is 525 g/mol. The molecule has 0 radical (unpaired) electrons. The standard InChI is InChI=1S/C20H30ClN3O3S.HI/c1-3-22-20(24-15-6-5-7-16(12-15)28(25)4-2)23-13-14-10-17(21)19-18(11-14)26-8-9-27-19;/h10-11,15-16H,3-9,12-13H2,1-2H3,(H2,22,23,24);1H. The highest BCUT2D eigenvalue weighted by Gasteiger charge is 2.26. The number of fused-ring (bicyclic) bond motifs is 1. The van der Waals surface area contributed by atoms with Crippen molar-refractivity contribution in [3.8, 4) is 11.5 Å². The first kappa shape index (κ1) is 24.5. The maximum atomic E-state index is 12.2. The number of nitrogens with zero attached hydrogens (tertiary/aromatic N) is 1. The smallest absolute Gasteiger partial charge is 0.191 e.